The van der Waals surface area contributed by atoms with Gasteiger partial charge in [0, 0.05) is 50.5 Å². The summed E-state index contributed by atoms with van der Waals surface area (Å²) < 4.78 is 25.0. The maximum Gasteiger partial charge on any atom is 0.252 e. The molecule has 0 amide bonds. The summed E-state index contributed by atoms with van der Waals surface area (Å²) in [5.74, 6) is 1.57. The van der Waals surface area contributed by atoms with E-state index >= 15 is 0 Å². The van der Waals surface area contributed by atoms with Gasteiger partial charge < -0.3 is 33.3 Å². The molecule has 1 aliphatic carbocycles. The number of pyridine rings is 2. The van der Waals surface area contributed by atoms with Gasteiger partial charge in [-0.25, -0.2) is 4.98 Å². The second-order valence-electron chi connectivity index (χ2n) is 10.7. The fraction of sp³-hybridized carbons (Fsp3) is 0.500. The number of aromatic nitrogens is 2. The lowest BCUT2D eigenvalue weighted by atomic mass is 9.88. The van der Waals surface area contributed by atoms with Gasteiger partial charge >= 0.3 is 0 Å². The number of anilines is 2. The first-order valence-electron chi connectivity index (χ1n) is 14.0. The van der Waals surface area contributed by atoms with Crippen LogP contribution in [0.4, 0.5) is 11.4 Å². The van der Waals surface area contributed by atoms with E-state index in [1.165, 1.54) is 0 Å². The molecular weight excluding hydrogens is 510 g/mol. The van der Waals surface area contributed by atoms with E-state index in [2.05, 4.69) is 33.0 Å². The number of hydrogen-bond donors (Lipinski definition) is 0. The second kappa shape index (κ2) is 11.4. The number of rotatable bonds is 6. The van der Waals surface area contributed by atoms with Crippen molar-refractivity contribution < 1.29 is 18.9 Å². The molecule has 3 aliphatic rings. The Balaban J connectivity index is 1.23. The summed E-state index contributed by atoms with van der Waals surface area (Å²) >= 11 is 0. The lowest BCUT2D eigenvalue weighted by Crippen LogP contribution is -2.48. The van der Waals surface area contributed by atoms with Crippen LogP contribution >= 0.6 is 0 Å². The smallest absolute Gasteiger partial charge is 0.252 e. The van der Waals surface area contributed by atoms with E-state index in [4.69, 9.17) is 18.9 Å². The Hall–Kier alpha value is -3.81. The summed E-state index contributed by atoms with van der Waals surface area (Å²) in [6, 6.07) is 14.0. The number of nitriles is 1. The van der Waals surface area contributed by atoms with Crippen molar-refractivity contribution >= 4 is 22.4 Å². The Kier molecular flexibility index (Phi) is 7.50. The van der Waals surface area contributed by atoms with Gasteiger partial charge in [0.2, 0.25) is 0 Å². The maximum atomic E-state index is 12.8. The van der Waals surface area contributed by atoms with Crippen LogP contribution in [0.15, 0.2) is 41.2 Å². The van der Waals surface area contributed by atoms with E-state index < -0.39 is 0 Å². The summed E-state index contributed by atoms with van der Waals surface area (Å²) in [4.78, 5) is 22.0. The minimum atomic E-state index is -0.0889. The molecule has 4 heterocycles. The molecule has 1 unspecified atom stereocenters. The van der Waals surface area contributed by atoms with Crippen molar-refractivity contribution in [1.29, 1.82) is 5.26 Å². The number of ether oxygens (including phenoxy) is 4. The van der Waals surface area contributed by atoms with Gasteiger partial charge in [-0.3, -0.25) is 4.79 Å². The Bertz CT molecular complexity index is 1470. The Morgan fingerprint density at radius 2 is 1.77 bits per heavy atom. The topological polar surface area (TPSA) is 102 Å². The Morgan fingerprint density at radius 3 is 2.52 bits per heavy atom. The molecular formula is C30H35N5O5. The normalized spacial score (nSPS) is 22.5. The van der Waals surface area contributed by atoms with Gasteiger partial charge in [0.25, 0.3) is 5.56 Å². The van der Waals surface area contributed by atoms with Crippen LogP contribution in [0.5, 0.6) is 11.5 Å². The van der Waals surface area contributed by atoms with Crippen molar-refractivity contribution in [2.45, 2.75) is 43.9 Å². The standard InChI is InChI=1S/C30H35N5O5/c1-33(26-16-29(36)34(2)25-9-3-20(17-31)32-30(25)26)21-4-6-22(7-5-21)35(18-24-19-37-11-12-38-24)23-8-10-27-28(15-23)40-14-13-39-27/h3,8-10,15-16,21-22,24H,4-7,11-14,18-19H2,1-2H3/t21-,22+,24?. The molecule has 0 spiro atoms. The molecule has 0 N–H and O–H groups in total. The SMILES string of the molecule is Cn1c(=O)cc(N(C)[C@H]2CC[C@@H](N(CC3COCCO3)c3ccc4c(c3)OCCO4)CC2)c2nc(C#N)ccc21. The number of fused-ring (bicyclic) bond motifs is 2. The van der Waals surface area contributed by atoms with Gasteiger partial charge in [-0.15, -0.1) is 0 Å². The van der Waals surface area contributed by atoms with Crippen molar-refractivity contribution in [2.75, 3.05) is 56.4 Å². The molecule has 1 aromatic carbocycles. The molecule has 0 radical (unpaired) electrons. The number of hydrogen-bond acceptors (Lipinski definition) is 9. The van der Waals surface area contributed by atoms with Crippen molar-refractivity contribution in [3.63, 3.8) is 0 Å². The predicted molar refractivity (Wildman–Crippen MR) is 151 cm³/mol. The first-order chi connectivity index (χ1) is 19.5. The summed E-state index contributed by atoms with van der Waals surface area (Å²) in [6.45, 7) is 3.70. The molecule has 2 aromatic heterocycles. The van der Waals surface area contributed by atoms with Crippen LogP contribution in [0.3, 0.4) is 0 Å². The third kappa shape index (κ3) is 5.19. The molecule has 6 rings (SSSR count). The van der Waals surface area contributed by atoms with Crippen molar-refractivity contribution in [2.24, 2.45) is 7.05 Å². The van der Waals surface area contributed by atoms with Gasteiger partial charge in [-0.1, -0.05) is 0 Å². The van der Waals surface area contributed by atoms with Crippen LogP contribution in [-0.4, -0.2) is 74.4 Å². The second-order valence-corrected chi connectivity index (χ2v) is 10.7. The highest BCUT2D eigenvalue weighted by Crippen LogP contribution is 2.38. The average Bonchev–Trinajstić information content (AvgIpc) is 3.01. The van der Waals surface area contributed by atoms with Gasteiger partial charge in [-0.2, -0.15) is 5.26 Å². The molecule has 1 saturated heterocycles. The number of aryl methyl sites for hydroxylation is 1. The van der Waals surface area contributed by atoms with E-state index in [1.807, 2.05) is 13.1 Å². The van der Waals surface area contributed by atoms with Gasteiger partial charge in [0.05, 0.1) is 37.1 Å². The molecule has 0 bridgehead atoms. The summed E-state index contributed by atoms with van der Waals surface area (Å²) in [7, 11) is 3.77. The van der Waals surface area contributed by atoms with E-state index in [9.17, 15) is 10.1 Å². The first kappa shape index (κ1) is 26.4. The quantitative estimate of drug-likeness (QED) is 0.462. The largest absolute Gasteiger partial charge is 0.486 e. The average molecular weight is 546 g/mol. The zero-order chi connectivity index (χ0) is 27.6. The number of nitrogens with zero attached hydrogens (tertiary/aromatic N) is 5. The molecule has 2 fully saturated rings. The minimum Gasteiger partial charge on any atom is -0.486 e. The molecule has 1 saturated carbocycles. The highest BCUT2D eigenvalue weighted by atomic mass is 16.6. The first-order valence-corrected chi connectivity index (χ1v) is 14.0. The summed E-state index contributed by atoms with van der Waals surface area (Å²) in [5, 5.41) is 9.43. The molecule has 3 aromatic rings. The van der Waals surface area contributed by atoms with Crippen LogP contribution in [0.2, 0.25) is 0 Å². The monoisotopic (exact) mass is 545 g/mol. The minimum absolute atomic E-state index is 0.00894. The van der Waals surface area contributed by atoms with Crippen LogP contribution in [0.1, 0.15) is 31.4 Å². The zero-order valence-electron chi connectivity index (χ0n) is 23.0. The molecule has 2 aliphatic heterocycles. The third-order valence-electron chi connectivity index (χ3n) is 8.36. The van der Waals surface area contributed by atoms with E-state index in [0.29, 0.717) is 50.3 Å². The van der Waals surface area contributed by atoms with Crippen molar-refractivity contribution in [3.05, 3.63) is 52.4 Å². The van der Waals surface area contributed by atoms with Crippen LogP contribution in [0.25, 0.3) is 11.0 Å². The van der Waals surface area contributed by atoms with Gasteiger partial charge in [0.15, 0.2) is 11.5 Å². The fourth-order valence-electron chi connectivity index (χ4n) is 6.13. The molecule has 1 atom stereocenters. The number of benzene rings is 1. The molecule has 10 heteroatoms. The van der Waals surface area contributed by atoms with E-state index in [0.717, 1.165) is 60.6 Å². The van der Waals surface area contributed by atoms with E-state index in [-0.39, 0.29) is 17.7 Å². The lowest BCUT2D eigenvalue weighted by molar-refractivity contribution is -0.0846. The van der Waals surface area contributed by atoms with Crippen LogP contribution in [0, 0.1) is 11.3 Å². The zero-order valence-corrected chi connectivity index (χ0v) is 23.0. The van der Waals surface area contributed by atoms with Gasteiger partial charge in [0.1, 0.15) is 30.5 Å². The molecule has 10 nitrogen and oxygen atoms in total. The highest BCUT2D eigenvalue weighted by molar-refractivity contribution is 5.88. The van der Waals surface area contributed by atoms with E-state index in [1.54, 1.807) is 29.8 Å². The Morgan fingerprint density at radius 1 is 1.00 bits per heavy atom. The highest BCUT2D eigenvalue weighted by Gasteiger charge is 2.32. The Labute approximate surface area is 233 Å². The lowest BCUT2D eigenvalue weighted by Gasteiger charge is -2.43. The maximum absolute atomic E-state index is 12.8. The molecule has 210 valence electrons. The van der Waals surface area contributed by atoms with Gasteiger partial charge in [-0.05, 0) is 49.9 Å². The summed E-state index contributed by atoms with van der Waals surface area (Å²) in [5.41, 5.74) is 3.53. The molecule has 40 heavy (non-hydrogen) atoms. The third-order valence-corrected chi connectivity index (χ3v) is 8.36. The fourth-order valence-corrected chi connectivity index (χ4v) is 6.13. The predicted octanol–water partition coefficient (Wildman–Crippen LogP) is 3.25. The summed E-state index contributed by atoms with van der Waals surface area (Å²) in [6.07, 6.45) is 3.89. The van der Waals surface area contributed by atoms with Crippen molar-refractivity contribution in [1.82, 2.24) is 9.55 Å². The van der Waals surface area contributed by atoms with Crippen molar-refractivity contribution in [3.8, 4) is 17.6 Å². The van der Waals surface area contributed by atoms with Crippen LogP contribution < -0.4 is 24.8 Å². The van der Waals surface area contributed by atoms with Crippen LogP contribution in [-0.2, 0) is 16.5 Å².